The molecule has 0 aliphatic rings. The molecule has 0 spiro atoms. The van der Waals surface area contributed by atoms with E-state index in [-0.39, 0.29) is 20.1 Å². The SMILES string of the molecule is [Ir].[c-]1ccc2c(oc3nc(Cc4ccccc4)ccc32)c1-c1ccc(-c2ccccc2)cn1.[c-]1ccccc1-c1ccccn1. The maximum absolute atomic E-state index is 6.25. The Morgan fingerprint density at radius 2 is 1.38 bits per heavy atom. The Balaban J connectivity index is 0.000000231. The van der Waals surface area contributed by atoms with Gasteiger partial charge >= 0.3 is 0 Å². The van der Waals surface area contributed by atoms with Gasteiger partial charge in [-0.2, -0.15) is 0 Å². The molecule has 0 amide bonds. The molecule has 0 aliphatic carbocycles. The van der Waals surface area contributed by atoms with Crippen LogP contribution in [0.5, 0.6) is 0 Å². The van der Waals surface area contributed by atoms with Crippen LogP contribution < -0.4 is 0 Å². The van der Waals surface area contributed by atoms with Gasteiger partial charge in [0.25, 0.3) is 0 Å². The third-order valence-corrected chi connectivity index (χ3v) is 7.36. The molecule has 4 heterocycles. The predicted octanol–water partition coefficient (Wildman–Crippen LogP) is 9.65. The minimum atomic E-state index is 0. The van der Waals surface area contributed by atoms with Crippen LogP contribution in [0.25, 0.3) is 55.7 Å². The van der Waals surface area contributed by atoms with Gasteiger partial charge in [0.05, 0.1) is 5.58 Å². The minimum Gasteiger partial charge on any atom is -0.486 e. The standard InChI is InChI=1S/C29H19N2O.C11H8N.Ir/c1-3-8-20(9-4-1)18-23-15-16-25-24-12-7-13-26(28(24)32-29(25)31-23)27-17-14-22(19-30-27)21-10-5-2-6-11-21;1-2-6-10(7-3-1)11-8-4-5-9-12-11;/h1-12,14-17,19H,18H2;1-6,8-9H;/q2*-1;. The molecule has 5 heteroatoms. The Bertz CT molecular complexity index is 2080. The summed E-state index contributed by atoms with van der Waals surface area (Å²) in [6, 6.07) is 53.0. The van der Waals surface area contributed by atoms with E-state index < -0.39 is 0 Å². The molecule has 0 aliphatic heterocycles. The van der Waals surface area contributed by atoms with Gasteiger partial charge in [0, 0.05) is 50.0 Å². The molecule has 0 fully saturated rings. The summed E-state index contributed by atoms with van der Waals surface area (Å²) in [4.78, 5) is 13.7. The number of hydrogen-bond donors (Lipinski definition) is 0. The summed E-state index contributed by atoms with van der Waals surface area (Å²) in [7, 11) is 0. The van der Waals surface area contributed by atoms with Crippen molar-refractivity contribution in [2.24, 2.45) is 0 Å². The maximum atomic E-state index is 6.25. The molecule has 4 aromatic heterocycles. The van der Waals surface area contributed by atoms with Gasteiger partial charge in [-0.1, -0.05) is 95.9 Å². The van der Waals surface area contributed by atoms with Crippen LogP contribution in [-0.4, -0.2) is 15.0 Å². The summed E-state index contributed by atoms with van der Waals surface area (Å²) in [5.41, 5.74) is 9.55. The van der Waals surface area contributed by atoms with Crippen molar-refractivity contribution >= 4 is 22.1 Å². The van der Waals surface area contributed by atoms with Crippen LogP contribution in [0.4, 0.5) is 0 Å². The third kappa shape index (κ3) is 6.81. The summed E-state index contributed by atoms with van der Waals surface area (Å²) >= 11 is 0. The Kier molecular flexibility index (Phi) is 9.31. The molecule has 0 N–H and O–H groups in total. The maximum Gasteiger partial charge on any atom is 0.216 e. The van der Waals surface area contributed by atoms with E-state index in [0.29, 0.717) is 5.71 Å². The first-order chi connectivity index (χ1) is 21.8. The summed E-state index contributed by atoms with van der Waals surface area (Å²) in [6.07, 6.45) is 4.46. The first kappa shape index (κ1) is 29.8. The Morgan fingerprint density at radius 3 is 2.11 bits per heavy atom. The quantitative estimate of drug-likeness (QED) is 0.164. The van der Waals surface area contributed by atoms with Crippen LogP contribution in [0.2, 0.25) is 0 Å². The summed E-state index contributed by atoms with van der Waals surface area (Å²) in [6.45, 7) is 0. The van der Waals surface area contributed by atoms with E-state index >= 15 is 0 Å². The average molecular weight is 758 g/mol. The van der Waals surface area contributed by atoms with Crippen molar-refractivity contribution in [3.05, 3.63) is 175 Å². The van der Waals surface area contributed by atoms with Gasteiger partial charge in [0.2, 0.25) is 5.71 Å². The molecule has 0 saturated heterocycles. The number of aromatic nitrogens is 3. The molecule has 0 unspecified atom stereocenters. The third-order valence-electron chi connectivity index (χ3n) is 7.36. The summed E-state index contributed by atoms with van der Waals surface area (Å²) in [5, 5.41) is 2.04. The fourth-order valence-electron chi connectivity index (χ4n) is 5.17. The van der Waals surface area contributed by atoms with E-state index in [1.807, 2.05) is 103 Å². The molecule has 45 heavy (non-hydrogen) atoms. The van der Waals surface area contributed by atoms with E-state index in [9.17, 15) is 0 Å². The molecule has 8 aromatic rings. The van der Waals surface area contributed by atoms with Gasteiger partial charge in [-0.15, -0.1) is 54.1 Å². The Hall–Kier alpha value is -5.22. The van der Waals surface area contributed by atoms with E-state index in [2.05, 4.69) is 59.6 Å². The van der Waals surface area contributed by atoms with Crippen molar-refractivity contribution in [3.8, 4) is 33.6 Å². The van der Waals surface area contributed by atoms with Crippen LogP contribution in [0.3, 0.4) is 0 Å². The molecule has 0 saturated carbocycles. The molecular weight excluding hydrogens is 731 g/mol. The van der Waals surface area contributed by atoms with Gasteiger partial charge in [-0.05, 0) is 46.3 Å². The van der Waals surface area contributed by atoms with Crippen molar-refractivity contribution in [2.45, 2.75) is 6.42 Å². The molecule has 0 atom stereocenters. The van der Waals surface area contributed by atoms with Crippen LogP contribution in [0, 0.1) is 12.1 Å². The van der Waals surface area contributed by atoms with E-state index in [1.54, 1.807) is 6.20 Å². The number of hydrogen-bond acceptors (Lipinski definition) is 4. The number of fused-ring (bicyclic) bond motifs is 3. The molecule has 4 aromatic carbocycles. The van der Waals surface area contributed by atoms with Gasteiger partial charge < -0.3 is 14.4 Å². The first-order valence-corrected chi connectivity index (χ1v) is 14.5. The second kappa shape index (κ2) is 14.0. The largest absolute Gasteiger partial charge is 0.486 e. The van der Waals surface area contributed by atoms with Gasteiger partial charge in [0.15, 0.2) is 0 Å². The van der Waals surface area contributed by atoms with Gasteiger partial charge in [0.1, 0.15) is 0 Å². The molecule has 219 valence electrons. The topological polar surface area (TPSA) is 51.8 Å². The zero-order valence-corrected chi connectivity index (χ0v) is 26.6. The second-order valence-corrected chi connectivity index (χ2v) is 10.3. The predicted molar refractivity (Wildman–Crippen MR) is 177 cm³/mol. The van der Waals surface area contributed by atoms with Crippen LogP contribution in [-0.2, 0) is 26.5 Å². The van der Waals surface area contributed by atoms with Crippen LogP contribution in [0.1, 0.15) is 11.3 Å². The van der Waals surface area contributed by atoms with Crippen LogP contribution in [0.15, 0.2) is 156 Å². The molecule has 1 radical (unpaired) electrons. The zero-order valence-electron chi connectivity index (χ0n) is 24.2. The normalized spacial score (nSPS) is 10.6. The second-order valence-electron chi connectivity index (χ2n) is 10.3. The smallest absolute Gasteiger partial charge is 0.216 e. The van der Waals surface area contributed by atoms with Crippen molar-refractivity contribution in [3.63, 3.8) is 0 Å². The van der Waals surface area contributed by atoms with Gasteiger partial charge in [-0.3, -0.25) is 0 Å². The fourth-order valence-corrected chi connectivity index (χ4v) is 5.17. The minimum absolute atomic E-state index is 0. The van der Waals surface area contributed by atoms with Crippen LogP contribution >= 0.6 is 0 Å². The summed E-state index contributed by atoms with van der Waals surface area (Å²) in [5.74, 6) is 0. The van der Waals surface area contributed by atoms with Crippen molar-refractivity contribution in [1.82, 2.24) is 15.0 Å². The van der Waals surface area contributed by atoms with Crippen molar-refractivity contribution in [2.75, 3.05) is 0 Å². The van der Waals surface area contributed by atoms with E-state index in [4.69, 9.17) is 14.4 Å². The summed E-state index contributed by atoms with van der Waals surface area (Å²) < 4.78 is 6.25. The van der Waals surface area contributed by atoms with E-state index in [1.165, 1.54) is 5.56 Å². The van der Waals surface area contributed by atoms with E-state index in [0.717, 1.165) is 62.1 Å². The van der Waals surface area contributed by atoms with Crippen molar-refractivity contribution in [1.29, 1.82) is 0 Å². The molecule has 8 rings (SSSR count). The Labute approximate surface area is 275 Å². The molecular formula is C40H27IrN3O-2. The molecule has 4 nitrogen and oxygen atoms in total. The number of rotatable bonds is 5. The van der Waals surface area contributed by atoms with Gasteiger partial charge in [-0.25, -0.2) is 4.98 Å². The number of benzene rings is 4. The first-order valence-electron chi connectivity index (χ1n) is 14.5. The monoisotopic (exact) mass is 758 g/mol. The fraction of sp³-hybridized carbons (Fsp3) is 0.0250. The van der Waals surface area contributed by atoms with Crippen molar-refractivity contribution < 1.29 is 24.5 Å². The average Bonchev–Trinajstić information content (AvgIpc) is 3.48. The zero-order chi connectivity index (χ0) is 29.6. The number of nitrogens with zero attached hydrogens (tertiary/aromatic N) is 3. The number of furan rings is 1. The number of pyridine rings is 3. The molecule has 0 bridgehead atoms. The Morgan fingerprint density at radius 1 is 0.578 bits per heavy atom.